The normalized spacial score (nSPS) is 51.0. The van der Waals surface area contributed by atoms with E-state index in [0.29, 0.717) is 64.8 Å². The Morgan fingerprint density at radius 1 is 0.656 bits per heavy atom. The van der Waals surface area contributed by atoms with Crippen molar-refractivity contribution in [1.29, 1.82) is 0 Å². The molecule has 1 aromatic rings. The molecule has 1 heterocycles. The van der Waals surface area contributed by atoms with E-state index in [2.05, 4.69) is 81.4 Å². The van der Waals surface area contributed by atoms with Crippen molar-refractivity contribution >= 4 is 23.1 Å². The van der Waals surface area contributed by atoms with E-state index in [9.17, 15) is 14.4 Å². The van der Waals surface area contributed by atoms with Gasteiger partial charge in [0.15, 0.2) is 17.3 Å². The Hall–Kier alpha value is -3.32. The van der Waals surface area contributed by atoms with Gasteiger partial charge in [-0.2, -0.15) is 0 Å². The SMILES string of the molecule is CO[C@@]12Oc3c(cc4c(c3C)C(=O)C=C3[C@@]4(C)CC[C@@]4(C)[C@@H]5C[C@@H](C)C(=O)C[C@]5(C)CC[C@]34C)O[C@]1(C)C1=CCC3[C@@](C)(CC[C@@]4(C)[C@@H]5C[C@@H](C)C(=O)C[C@]5(C)CC[C@]34C)C1=CC2=O. The van der Waals surface area contributed by atoms with E-state index in [4.69, 9.17) is 14.2 Å². The largest absolute Gasteiger partial charge is 0.471 e. The summed E-state index contributed by atoms with van der Waals surface area (Å²) >= 11 is 0. The van der Waals surface area contributed by atoms with Gasteiger partial charge < -0.3 is 14.2 Å². The van der Waals surface area contributed by atoms with Crippen LogP contribution in [0.1, 0.15) is 181 Å². The summed E-state index contributed by atoms with van der Waals surface area (Å²) in [5.74, 6) is 1.11. The fourth-order valence-electron chi connectivity index (χ4n) is 18.8. The smallest absolute Gasteiger partial charge is 0.319 e. The van der Waals surface area contributed by atoms with Crippen LogP contribution in [-0.2, 0) is 24.5 Å². The number of carbonyl (C=O) groups is 4. The lowest BCUT2D eigenvalue weighted by molar-refractivity contribution is -0.246. The second-order valence-electron chi connectivity index (χ2n) is 25.9. The molecule has 64 heavy (non-hydrogen) atoms. The zero-order valence-electron chi connectivity index (χ0n) is 41.2. The lowest BCUT2D eigenvalue weighted by Crippen LogP contribution is -2.71. The quantitative estimate of drug-likeness (QED) is 0.277. The first-order valence-electron chi connectivity index (χ1n) is 25.2. The van der Waals surface area contributed by atoms with Gasteiger partial charge in [-0.1, -0.05) is 75.3 Å². The van der Waals surface area contributed by atoms with E-state index >= 15 is 4.79 Å². The molecule has 1 unspecified atom stereocenters. The number of carbonyl (C=O) groups excluding carboxylic acids is 4. The average Bonchev–Trinajstić information content (AvgIpc) is 3.23. The van der Waals surface area contributed by atoms with E-state index in [0.717, 1.165) is 87.3 Å². The second kappa shape index (κ2) is 12.6. The van der Waals surface area contributed by atoms with E-state index in [-0.39, 0.29) is 61.3 Å². The topological polar surface area (TPSA) is 96.0 Å². The monoisotopic (exact) mass is 871 g/mol. The van der Waals surface area contributed by atoms with Crippen LogP contribution >= 0.6 is 0 Å². The highest BCUT2D eigenvalue weighted by molar-refractivity contribution is 6.10. The molecule has 7 nitrogen and oxygen atoms in total. The molecule has 1 aromatic carbocycles. The number of ketones is 4. The Morgan fingerprint density at radius 3 is 1.88 bits per heavy atom. The summed E-state index contributed by atoms with van der Waals surface area (Å²) in [6.07, 6.45) is 18.2. The first-order valence-corrected chi connectivity index (χ1v) is 25.2. The number of allylic oxidation sites excluding steroid dienone is 3. The van der Waals surface area contributed by atoms with Crippen molar-refractivity contribution in [3.63, 3.8) is 0 Å². The van der Waals surface area contributed by atoms with E-state index in [1.165, 1.54) is 5.57 Å². The van der Waals surface area contributed by atoms with Gasteiger partial charge in [-0.05, 0) is 175 Å². The highest BCUT2D eigenvalue weighted by Gasteiger charge is 2.73. The average molecular weight is 871 g/mol. The van der Waals surface area contributed by atoms with Crippen LogP contribution in [0, 0.1) is 74.4 Å². The number of rotatable bonds is 1. The number of hydrogen-bond acceptors (Lipinski definition) is 7. The second-order valence-corrected chi connectivity index (χ2v) is 25.9. The third kappa shape index (κ3) is 4.71. The molecule has 11 rings (SSSR count). The van der Waals surface area contributed by atoms with Gasteiger partial charge in [-0.25, -0.2) is 0 Å². The maximum absolute atomic E-state index is 15.1. The van der Waals surface area contributed by atoms with Gasteiger partial charge >= 0.3 is 5.79 Å². The number of fused-ring (bicyclic) bond motifs is 17. The third-order valence-corrected chi connectivity index (χ3v) is 23.3. The molecule has 15 atom stereocenters. The lowest BCUT2D eigenvalue weighted by atomic mass is 9.33. The van der Waals surface area contributed by atoms with E-state index in [1.54, 1.807) is 7.11 Å². The summed E-state index contributed by atoms with van der Waals surface area (Å²) in [5.41, 5.74) is 3.44. The Labute approximate surface area is 382 Å². The summed E-state index contributed by atoms with van der Waals surface area (Å²) in [7, 11) is 1.55. The van der Waals surface area contributed by atoms with Crippen molar-refractivity contribution in [3.05, 3.63) is 57.7 Å². The summed E-state index contributed by atoms with van der Waals surface area (Å²) in [6, 6.07) is 2.10. The minimum atomic E-state index is -1.78. The molecule has 6 saturated carbocycles. The van der Waals surface area contributed by atoms with Gasteiger partial charge in [0.25, 0.3) is 0 Å². The molecule has 0 amide bonds. The summed E-state index contributed by atoms with van der Waals surface area (Å²) < 4.78 is 20.8. The molecule has 10 aliphatic rings. The Morgan fingerprint density at radius 2 is 1.23 bits per heavy atom. The van der Waals surface area contributed by atoms with Crippen molar-refractivity contribution in [2.75, 3.05) is 7.11 Å². The first kappa shape index (κ1) is 43.3. The standard InChI is InChI=1S/C57H74O7/c1-31-24-42-48(4,29-38(31)59)16-20-52(8)41-15-14-34-35(50(41,6)18-22-53(42,52)9)27-45(61)57(62-13)56(34,12)63-40-26-36-46(33(3)47(40)64-57)37(58)28-44-51(36,7)19-23-54(10)43-25-32(2)39(60)30-49(43,5)17-21-55(44,54)11/h14,26-28,31-32,41-43H,15-25,29-30H2,1-13H3/t31-,32-,41?,42-,43-,48+,49+,50+,51+,52-,53+,54+,55-,56-,57+/m1/s1. The third-order valence-electron chi connectivity index (χ3n) is 23.3. The summed E-state index contributed by atoms with van der Waals surface area (Å²) in [6.45, 7) is 27.7. The highest BCUT2D eigenvalue weighted by atomic mass is 16.7. The van der Waals surface area contributed by atoms with Crippen LogP contribution in [0.5, 0.6) is 11.5 Å². The van der Waals surface area contributed by atoms with Crippen LogP contribution < -0.4 is 9.47 Å². The van der Waals surface area contributed by atoms with Crippen molar-refractivity contribution in [1.82, 2.24) is 0 Å². The van der Waals surface area contributed by atoms with Crippen LogP contribution in [-0.4, -0.2) is 41.6 Å². The van der Waals surface area contributed by atoms with Gasteiger partial charge in [0, 0.05) is 53.9 Å². The minimum Gasteiger partial charge on any atom is -0.471 e. The van der Waals surface area contributed by atoms with Crippen molar-refractivity contribution in [3.8, 4) is 11.5 Å². The predicted molar refractivity (Wildman–Crippen MR) is 247 cm³/mol. The van der Waals surface area contributed by atoms with Crippen LogP contribution in [0.25, 0.3) is 0 Å². The number of benzene rings is 1. The minimum absolute atomic E-state index is 0.0154. The lowest BCUT2D eigenvalue weighted by Gasteiger charge is -2.71. The molecule has 344 valence electrons. The van der Waals surface area contributed by atoms with Crippen LogP contribution in [0.15, 0.2) is 41.0 Å². The molecule has 0 radical (unpaired) electrons. The number of methoxy groups -OCH3 is 1. The Balaban J connectivity index is 0.987. The zero-order valence-corrected chi connectivity index (χ0v) is 41.2. The van der Waals surface area contributed by atoms with Crippen LogP contribution in [0.2, 0.25) is 0 Å². The van der Waals surface area contributed by atoms with Crippen molar-refractivity contribution in [2.45, 2.75) is 183 Å². The van der Waals surface area contributed by atoms with Gasteiger partial charge in [0.1, 0.15) is 11.6 Å². The molecule has 6 fully saturated rings. The van der Waals surface area contributed by atoms with Crippen molar-refractivity contribution in [2.24, 2.45) is 67.5 Å². The van der Waals surface area contributed by atoms with Crippen molar-refractivity contribution < 1.29 is 33.4 Å². The fourth-order valence-corrected chi connectivity index (χ4v) is 18.8. The fraction of sp³-hybridized carbons (Fsp3) is 0.719. The molecule has 9 aliphatic carbocycles. The highest BCUT2D eigenvalue weighted by Crippen LogP contribution is 2.77. The zero-order chi connectivity index (χ0) is 46.0. The molecule has 0 N–H and O–H groups in total. The van der Waals surface area contributed by atoms with Gasteiger partial charge in [0.2, 0.25) is 11.4 Å². The molecular formula is C57H74O7. The number of Topliss-reactive ketones (excluding diaryl/α,β-unsaturated/α-hetero) is 2. The maximum atomic E-state index is 15.1. The summed E-state index contributed by atoms with van der Waals surface area (Å²) in [5, 5.41) is 0. The molecule has 1 aliphatic heterocycles. The Bertz CT molecular complexity index is 2490. The molecule has 0 aromatic heterocycles. The first-order chi connectivity index (χ1) is 29.8. The molecular weight excluding hydrogens is 797 g/mol. The molecule has 7 heteroatoms. The maximum Gasteiger partial charge on any atom is 0.319 e. The Kier molecular flexibility index (Phi) is 8.52. The van der Waals surface area contributed by atoms with E-state index in [1.807, 2.05) is 26.0 Å². The number of hydrogen-bond donors (Lipinski definition) is 0. The van der Waals surface area contributed by atoms with Gasteiger partial charge in [-0.15, -0.1) is 0 Å². The molecule has 0 saturated heterocycles. The van der Waals surface area contributed by atoms with Gasteiger partial charge in [-0.3, -0.25) is 19.2 Å². The molecule has 0 bridgehead atoms. The molecule has 0 spiro atoms. The van der Waals surface area contributed by atoms with Crippen LogP contribution in [0.4, 0.5) is 0 Å². The summed E-state index contributed by atoms with van der Waals surface area (Å²) in [4.78, 5) is 56.2. The number of ether oxygens (including phenoxy) is 3. The van der Waals surface area contributed by atoms with Crippen LogP contribution in [0.3, 0.4) is 0 Å². The van der Waals surface area contributed by atoms with E-state index < -0.39 is 16.8 Å². The van der Waals surface area contributed by atoms with Gasteiger partial charge in [0.05, 0.1) is 0 Å². The predicted octanol–water partition coefficient (Wildman–Crippen LogP) is 12.2.